The highest BCUT2D eigenvalue weighted by Gasteiger charge is 2.18. The maximum atomic E-state index is 13.0. The van der Waals surface area contributed by atoms with Gasteiger partial charge in [-0.15, -0.1) is 0 Å². The van der Waals surface area contributed by atoms with E-state index in [2.05, 4.69) is 15.6 Å². The fraction of sp³-hybridized carbons (Fsp3) is 0.0833. The van der Waals surface area contributed by atoms with Crippen molar-refractivity contribution in [3.63, 3.8) is 0 Å². The molecule has 0 aliphatic heterocycles. The first-order valence-electron chi connectivity index (χ1n) is 5.70. The molecule has 4 N–H and O–H groups in total. The number of carbonyl (C=O) groups is 1. The minimum atomic E-state index is -0.574. The van der Waals surface area contributed by atoms with E-state index in [0.717, 1.165) is 12.1 Å². The normalized spacial score (nSPS) is 11.5. The van der Waals surface area contributed by atoms with E-state index >= 15 is 0 Å². The first-order valence-corrected chi connectivity index (χ1v) is 6.08. The zero-order valence-corrected chi connectivity index (χ0v) is 11.6. The van der Waals surface area contributed by atoms with E-state index in [0.29, 0.717) is 0 Å². The quantitative estimate of drug-likeness (QED) is 0.346. The number of carbonyl (C=O) groups excluding carboxylic acids is 1. The molecular weight excluding hydrogens is 301 g/mol. The van der Waals surface area contributed by atoms with Gasteiger partial charge in [-0.1, -0.05) is 16.8 Å². The van der Waals surface area contributed by atoms with Gasteiger partial charge in [0, 0.05) is 7.05 Å². The highest BCUT2D eigenvalue weighted by molar-refractivity contribution is 6.34. The highest BCUT2D eigenvalue weighted by atomic mass is 35.5. The van der Waals surface area contributed by atoms with Crippen LogP contribution in [-0.2, 0) is 7.05 Å². The number of nitrogens with two attached hydrogens (primary N) is 1. The van der Waals surface area contributed by atoms with E-state index in [1.54, 1.807) is 7.05 Å². The summed E-state index contributed by atoms with van der Waals surface area (Å²) in [6.07, 6.45) is 1.33. The van der Waals surface area contributed by atoms with Crippen LogP contribution in [0.2, 0.25) is 5.02 Å². The van der Waals surface area contributed by atoms with E-state index < -0.39 is 11.7 Å². The lowest BCUT2D eigenvalue weighted by atomic mass is 10.2. The fourth-order valence-corrected chi connectivity index (χ4v) is 1.93. The number of halogens is 2. The minimum absolute atomic E-state index is 0.0278. The van der Waals surface area contributed by atoms with Crippen molar-refractivity contribution in [2.75, 3.05) is 5.32 Å². The number of aromatic nitrogens is 2. The van der Waals surface area contributed by atoms with Crippen molar-refractivity contribution in [3.8, 4) is 0 Å². The number of nitrogens with one attached hydrogen (secondary N) is 1. The third-order valence-electron chi connectivity index (χ3n) is 2.73. The summed E-state index contributed by atoms with van der Waals surface area (Å²) in [5.74, 6) is -1.11. The molecule has 0 fully saturated rings. The van der Waals surface area contributed by atoms with Gasteiger partial charge in [-0.05, 0) is 18.2 Å². The van der Waals surface area contributed by atoms with Crippen molar-refractivity contribution in [1.82, 2.24) is 9.78 Å². The van der Waals surface area contributed by atoms with E-state index in [9.17, 15) is 9.18 Å². The van der Waals surface area contributed by atoms with Gasteiger partial charge in [0.1, 0.15) is 11.6 Å². The van der Waals surface area contributed by atoms with Crippen LogP contribution in [0.25, 0.3) is 0 Å². The Bertz CT molecular complexity index is 728. The molecule has 110 valence electrons. The van der Waals surface area contributed by atoms with E-state index in [-0.39, 0.29) is 27.8 Å². The Morgan fingerprint density at radius 2 is 2.24 bits per heavy atom. The lowest BCUT2D eigenvalue weighted by Gasteiger charge is -2.09. The van der Waals surface area contributed by atoms with Crippen molar-refractivity contribution in [1.29, 1.82) is 0 Å². The second-order valence-corrected chi connectivity index (χ2v) is 4.50. The van der Waals surface area contributed by atoms with Crippen molar-refractivity contribution in [3.05, 3.63) is 46.4 Å². The minimum Gasteiger partial charge on any atom is -0.409 e. The summed E-state index contributed by atoms with van der Waals surface area (Å²) in [4.78, 5) is 12.2. The van der Waals surface area contributed by atoms with Crippen LogP contribution >= 0.6 is 11.6 Å². The number of benzene rings is 1. The second-order valence-electron chi connectivity index (χ2n) is 4.09. The Kier molecular flexibility index (Phi) is 4.08. The molecule has 1 amide bonds. The molecule has 1 heterocycles. The third kappa shape index (κ3) is 2.95. The molecular formula is C12H11ClFN5O2. The maximum absolute atomic E-state index is 13.0. The number of nitrogens with zero attached hydrogens (tertiary/aromatic N) is 3. The predicted octanol–water partition coefficient (Wildman–Crippen LogP) is 1.56. The Morgan fingerprint density at radius 1 is 1.52 bits per heavy atom. The number of hydrogen-bond acceptors (Lipinski definition) is 4. The standard InChI is InChI=1S/C12H11ClFN5O2/c1-19-11(8(5-16-19)10(15)18-21)17-12(20)7-3-2-6(14)4-9(7)13/h2-5,21H,1H3,(H2,15,18)(H,17,20). The number of anilines is 1. The van der Waals surface area contributed by atoms with Crippen LogP contribution in [0.1, 0.15) is 15.9 Å². The average molecular weight is 312 g/mol. The van der Waals surface area contributed by atoms with Crippen LogP contribution in [0.3, 0.4) is 0 Å². The number of amidine groups is 1. The zero-order valence-electron chi connectivity index (χ0n) is 10.8. The molecule has 0 unspecified atom stereocenters. The SMILES string of the molecule is Cn1ncc(C(N)=NO)c1NC(=O)c1ccc(F)cc1Cl. The van der Waals surface area contributed by atoms with Gasteiger partial charge in [0.15, 0.2) is 5.84 Å². The summed E-state index contributed by atoms with van der Waals surface area (Å²) >= 11 is 5.82. The molecule has 1 aromatic carbocycles. The molecule has 9 heteroatoms. The van der Waals surface area contributed by atoms with Crippen molar-refractivity contribution in [2.45, 2.75) is 0 Å². The summed E-state index contributed by atoms with van der Waals surface area (Å²) in [5, 5.41) is 18.0. The molecule has 0 radical (unpaired) electrons. The Balaban J connectivity index is 2.34. The molecule has 0 aliphatic rings. The van der Waals surface area contributed by atoms with E-state index in [1.165, 1.54) is 16.9 Å². The van der Waals surface area contributed by atoms with Gasteiger partial charge in [0.05, 0.1) is 22.3 Å². The monoisotopic (exact) mass is 311 g/mol. The smallest absolute Gasteiger partial charge is 0.258 e. The molecule has 0 spiro atoms. The molecule has 0 bridgehead atoms. The Morgan fingerprint density at radius 3 is 2.86 bits per heavy atom. The molecule has 21 heavy (non-hydrogen) atoms. The number of amides is 1. The molecule has 0 atom stereocenters. The number of hydrogen-bond donors (Lipinski definition) is 3. The average Bonchev–Trinajstić information content (AvgIpc) is 2.79. The topological polar surface area (TPSA) is 106 Å². The van der Waals surface area contributed by atoms with Crippen LogP contribution in [0.15, 0.2) is 29.6 Å². The Labute approximate surface area is 123 Å². The van der Waals surface area contributed by atoms with Crippen LogP contribution in [0.4, 0.5) is 10.2 Å². The summed E-state index contributed by atoms with van der Waals surface area (Å²) in [6.45, 7) is 0. The molecule has 1 aromatic heterocycles. The van der Waals surface area contributed by atoms with Gasteiger partial charge in [-0.25, -0.2) is 4.39 Å². The van der Waals surface area contributed by atoms with Crippen LogP contribution in [0.5, 0.6) is 0 Å². The van der Waals surface area contributed by atoms with Crippen molar-refractivity contribution in [2.24, 2.45) is 17.9 Å². The molecule has 2 rings (SSSR count). The van der Waals surface area contributed by atoms with Crippen LogP contribution in [-0.4, -0.2) is 26.7 Å². The first-order chi connectivity index (χ1) is 9.93. The first kappa shape index (κ1) is 14.8. The predicted molar refractivity (Wildman–Crippen MR) is 75.1 cm³/mol. The molecule has 0 saturated carbocycles. The van der Waals surface area contributed by atoms with Gasteiger partial charge in [0.25, 0.3) is 5.91 Å². The largest absolute Gasteiger partial charge is 0.409 e. The van der Waals surface area contributed by atoms with Gasteiger partial charge in [-0.3, -0.25) is 9.48 Å². The molecule has 0 saturated heterocycles. The summed E-state index contributed by atoms with van der Waals surface area (Å²) in [6, 6.07) is 3.41. The lowest BCUT2D eigenvalue weighted by Crippen LogP contribution is -2.20. The fourth-order valence-electron chi connectivity index (χ4n) is 1.68. The Hall–Kier alpha value is -2.61. The molecule has 0 aliphatic carbocycles. The van der Waals surface area contributed by atoms with Gasteiger partial charge in [0.2, 0.25) is 0 Å². The van der Waals surface area contributed by atoms with Crippen LogP contribution < -0.4 is 11.1 Å². The summed E-state index contributed by atoms with van der Waals surface area (Å²) in [5.41, 5.74) is 5.82. The maximum Gasteiger partial charge on any atom is 0.258 e. The van der Waals surface area contributed by atoms with Crippen molar-refractivity contribution < 1.29 is 14.4 Å². The van der Waals surface area contributed by atoms with Gasteiger partial charge < -0.3 is 16.3 Å². The second kappa shape index (κ2) is 5.80. The molecule has 2 aromatic rings. The third-order valence-corrected chi connectivity index (χ3v) is 3.04. The van der Waals surface area contributed by atoms with Gasteiger partial charge >= 0.3 is 0 Å². The highest BCUT2D eigenvalue weighted by Crippen LogP contribution is 2.20. The zero-order chi connectivity index (χ0) is 15.6. The summed E-state index contributed by atoms with van der Waals surface area (Å²) < 4.78 is 14.3. The lowest BCUT2D eigenvalue weighted by molar-refractivity contribution is 0.102. The van der Waals surface area contributed by atoms with Crippen LogP contribution in [0, 0.1) is 5.82 Å². The number of aryl methyl sites for hydroxylation is 1. The summed E-state index contributed by atoms with van der Waals surface area (Å²) in [7, 11) is 1.57. The van der Waals surface area contributed by atoms with E-state index in [4.69, 9.17) is 22.5 Å². The number of rotatable bonds is 3. The molecule has 7 nitrogen and oxygen atoms in total. The van der Waals surface area contributed by atoms with Crippen molar-refractivity contribution >= 4 is 29.2 Å². The van der Waals surface area contributed by atoms with Gasteiger partial charge in [-0.2, -0.15) is 5.10 Å². The number of oxime groups is 1. The van der Waals surface area contributed by atoms with E-state index in [1.807, 2.05) is 0 Å².